The van der Waals surface area contributed by atoms with Gasteiger partial charge in [0.25, 0.3) is 11.5 Å². The molecular weight excluding hydrogens is 454 g/mol. The van der Waals surface area contributed by atoms with Crippen molar-refractivity contribution in [3.63, 3.8) is 0 Å². The Balaban J connectivity index is 2.04. The van der Waals surface area contributed by atoms with E-state index in [1.54, 1.807) is 48.7 Å². The number of pyridine rings is 1. The highest BCUT2D eigenvalue weighted by molar-refractivity contribution is 7.88. The number of carbonyl (C=O) groups excluding carboxylic acids is 1. The number of H-pyrrole nitrogens is 1. The lowest BCUT2D eigenvalue weighted by Crippen LogP contribution is -2.21. The van der Waals surface area contributed by atoms with E-state index in [1.807, 2.05) is 26.8 Å². The third-order valence-electron chi connectivity index (χ3n) is 5.20. The first-order valence-corrected chi connectivity index (χ1v) is 12.5. The molecule has 1 amide bonds. The highest BCUT2D eigenvalue weighted by Gasteiger charge is 2.26. The summed E-state index contributed by atoms with van der Waals surface area (Å²) in [6.07, 6.45) is 2.64. The van der Waals surface area contributed by atoms with Gasteiger partial charge in [0.15, 0.2) is 0 Å². The molecule has 0 bridgehead atoms. The van der Waals surface area contributed by atoms with Crippen LogP contribution in [-0.4, -0.2) is 32.7 Å². The molecule has 8 nitrogen and oxygen atoms in total. The van der Waals surface area contributed by atoms with Gasteiger partial charge in [-0.15, -0.1) is 0 Å². The average Bonchev–Trinajstić information content (AvgIpc) is 2.76. The molecule has 0 aliphatic heterocycles. The number of nitrogens with one attached hydrogen (secondary N) is 3. The highest BCUT2D eigenvalue weighted by Crippen LogP contribution is 2.38. The van der Waals surface area contributed by atoms with Crippen molar-refractivity contribution in [2.75, 3.05) is 18.7 Å². The van der Waals surface area contributed by atoms with Crippen molar-refractivity contribution >= 4 is 21.6 Å². The summed E-state index contributed by atoms with van der Waals surface area (Å²) in [5.74, 6) is 0.0146. The molecule has 9 heteroatoms. The van der Waals surface area contributed by atoms with E-state index in [1.165, 1.54) is 7.11 Å². The Labute approximate surface area is 199 Å². The predicted molar refractivity (Wildman–Crippen MR) is 134 cm³/mol. The standard InChI is InChI=1S/C25H29N3O5S/c1-25(2,3)21-14-17(19-10-7-11-26-23(19)29)13-20(22(21)33-4)24(30)28-18-9-6-8-16(12-18)15-27-34(5,31)32/h6-14,27H,15H2,1-5H3,(H,26,29)(H,28,30). The van der Waals surface area contributed by atoms with Crippen LogP contribution in [0.2, 0.25) is 0 Å². The lowest BCUT2D eigenvalue weighted by Gasteiger charge is -2.25. The van der Waals surface area contributed by atoms with Gasteiger partial charge in [0.2, 0.25) is 10.0 Å². The highest BCUT2D eigenvalue weighted by atomic mass is 32.2. The van der Waals surface area contributed by atoms with E-state index in [-0.39, 0.29) is 23.1 Å². The maximum Gasteiger partial charge on any atom is 0.259 e. The number of methoxy groups -OCH3 is 1. The second-order valence-corrected chi connectivity index (χ2v) is 10.8. The van der Waals surface area contributed by atoms with Gasteiger partial charge in [0.05, 0.1) is 18.9 Å². The van der Waals surface area contributed by atoms with Crippen LogP contribution in [0, 0.1) is 0 Å². The van der Waals surface area contributed by atoms with E-state index < -0.39 is 15.9 Å². The largest absolute Gasteiger partial charge is 0.496 e. The third kappa shape index (κ3) is 6.12. The van der Waals surface area contributed by atoms with Crippen molar-refractivity contribution in [3.05, 3.63) is 81.8 Å². The molecule has 34 heavy (non-hydrogen) atoms. The first-order chi connectivity index (χ1) is 15.9. The van der Waals surface area contributed by atoms with Crippen molar-refractivity contribution in [1.82, 2.24) is 9.71 Å². The number of benzene rings is 2. The Bertz CT molecular complexity index is 1370. The fourth-order valence-electron chi connectivity index (χ4n) is 3.55. The van der Waals surface area contributed by atoms with Crippen molar-refractivity contribution in [3.8, 4) is 16.9 Å². The molecule has 180 valence electrons. The minimum Gasteiger partial charge on any atom is -0.496 e. The summed E-state index contributed by atoms with van der Waals surface area (Å²) < 4.78 is 30.9. The summed E-state index contributed by atoms with van der Waals surface area (Å²) in [7, 11) is -1.84. The number of hydrogen-bond acceptors (Lipinski definition) is 5. The zero-order valence-electron chi connectivity index (χ0n) is 19.9. The van der Waals surface area contributed by atoms with E-state index >= 15 is 0 Å². The van der Waals surface area contributed by atoms with E-state index in [0.717, 1.165) is 11.8 Å². The molecule has 1 aromatic heterocycles. The lowest BCUT2D eigenvalue weighted by molar-refractivity contribution is 0.102. The molecule has 1 heterocycles. The van der Waals surface area contributed by atoms with Gasteiger partial charge in [0, 0.05) is 29.6 Å². The Hall–Kier alpha value is -3.43. The van der Waals surface area contributed by atoms with Crippen LogP contribution in [0.1, 0.15) is 42.3 Å². The molecule has 0 saturated heterocycles. The summed E-state index contributed by atoms with van der Waals surface area (Å²) in [6, 6.07) is 13.8. The first-order valence-electron chi connectivity index (χ1n) is 10.6. The number of amides is 1. The second kappa shape index (κ2) is 9.82. The molecule has 3 aromatic rings. The normalized spacial score (nSPS) is 11.8. The molecule has 3 rings (SSSR count). The predicted octanol–water partition coefficient (Wildman–Crippen LogP) is 3.65. The van der Waals surface area contributed by atoms with Crippen molar-refractivity contribution in [2.24, 2.45) is 0 Å². The van der Waals surface area contributed by atoms with Gasteiger partial charge in [-0.25, -0.2) is 13.1 Å². The van der Waals surface area contributed by atoms with Gasteiger partial charge in [-0.3, -0.25) is 9.59 Å². The van der Waals surface area contributed by atoms with Gasteiger partial charge in [-0.05, 0) is 52.9 Å². The number of ether oxygens (including phenoxy) is 1. The van der Waals surface area contributed by atoms with Crippen molar-refractivity contribution in [2.45, 2.75) is 32.7 Å². The SMILES string of the molecule is COc1c(C(=O)Nc2cccc(CNS(C)(=O)=O)c2)cc(-c2ccc[nH]c2=O)cc1C(C)(C)C. The third-order valence-corrected chi connectivity index (χ3v) is 5.87. The maximum absolute atomic E-state index is 13.4. The minimum atomic E-state index is -3.35. The molecule has 0 radical (unpaired) electrons. The maximum atomic E-state index is 13.4. The Morgan fingerprint density at radius 1 is 1.09 bits per heavy atom. The molecule has 0 aliphatic rings. The van der Waals surface area contributed by atoms with Gasteiger partial charge >= 0.3 is 0 Å². The Kier molecular flexibility index (Phi) is 7.28. The summed E-state index contributed by atoms with van der Waals surface area (Å²) in [5.41, 5.74) is 2.68. The first kappa shape index (κ1) is 25.2. The molecule has 0 fully saturated rings. The molecule has 2 aromatic carbocycles. The molecular formula is C25H29N3O5S. The van der Waals surface area contributed by atoms with Crippen molar-refractivity contribution < 1.29 is 17.9 Å². The Morgan fingerprint density at radius 2 is 1.82 bits per heavy atom. The second-order valence-electron chi connectivity index (χ2n) is 9.02. The van der Waals surface area contributed by atoms with Crippen molar-refractivity contribution in [1.29, 1.82) is 0 Å². The molecule has 0 spiro atoms. The van der Waals surface area contributed by atoms with Crippen LogP contribution in [0.4, 0.5) is 5.69 Å². The zero-order chi connectivity index (χ0) is 25.1. The summed E-state index contributed by atoms with van der Waals surface area (Å²) in [6.45, 7) is 6.11. The number of sulfonamides is 1. The van der Waals surface area contributed by atoms with Gasteiger partial charge in [-0.1, -0.05) is 32.9 Å². The number of aromatic nitrogens is 1. The van der Waals surface area contributed by atoms with E-state index in [2.05, 4.69) is 15.0 Å². The monoisotopic (exact) mass is 483 g/mol. The van der Waals surface area contributed by atoms with E-state index in [0.29, 0.717) is 28.1 Å². The number of aromatic amines is 1. The fraction of sp³-hybridized carbons (Fsp3) is 0.280. The molecule has 3 N–H and O–H groups in total. The minimum absolute atomic E-state index is 0.103. The fourth-order valence-corrected chi connectivity index (χ4v) is 3.98. The van der Waals surface area contributed by atoms with Gasteiger partial charge < -0.3 is 15.0 Å². The molecule has 0 saturated carbocycles. The van der Waals surface area contributed by atoms with E-state index in [4.69, 9.17) is 4.74 Å². The van der Waals surface area contributed by atoms with Crippen LogP contribution < -0.4 is 20.3 Å². The molecule has 0 unspecified atom stereocenters. The van der Waals surface area contributed by atoms with Gasteiger partial charge in [-0.2, -0.15) is 0 Å². The number of hydrogen-bond donors (Lipinski definition) is 3. The summed E-state index contributed by atoms with van der Waals surface area (Å²) in [5, 5.41) is 2.86. The van der Waals surface area contributed by atoms with Crippen LogP contribution in [0.3, 0.4) is 0 Å². The Morgan fingerprint density at radius 3 is 2.44 bits per heavy atom. The van der Waals surface area contributed by atoms with Crippen LogP contribution in [0.15, 0.2) is 59.5 Å². The number of rotatable bonds is 7. The molecule has 0 aliphatic carbocycles. The van der Waals surface area contributed by atoms with Crippen LogP contribution >= 0.6 is 0 Å². The van der Waals surface area contributed by atoms with Gasteiger partial charge in [0.1, 0.15) is 5.75 Å². The van der Waals surface area contributed by atoms with E-state index in [9.17, 15) is 18.0 Å². The molecule has 0 atom stereocenters. The number of anilines is 1. The topological polar surface area (TPSA) is 117 Å². The number of carbonyl (C=O) groups is 1. The average molecular weight is 484 g/mol. The van der Waals surface area contributed by atoms with Crippen LogP contribution in [-0.2, 0) is 22.0 Å². The summed E-state index contributed by atoms with van der Waals surface area (Å²) in [4.78, 5) is 28.5. The van der Waals surface area contributed by atoms with Crippen LogP contribution in [0.5, 0.6) is 5.75 Å². The lowest BCUT2D eigenvalue weighted by atomic mass is 9.83. The zero-order valence-corrected chi connectivity index (χ0v) is 20.7. The summed E-state index contributed by atoms with van der Waals surface area (Å²) >= 11 is 0. The quantitative estimate of drug-likeness (QED) is 0.474. The smallest absolute Gasteiger partial charge is 0.259 e. The van der Waals surface area contributed by atoms with Crippen LogP contribution in [0.25, 0.3) is 11.1 Å².